The first-order chi connectivity index (χ1) is 9.20. The van der Waals surface area contributed by atoms with Crippen LogP contribution < -0.4 is 11.5 Å². The predicted octanol–water partition coefficient (Wildman–Crippen LogP) is -2.00. The number of sulfonamides is 1. The average molecular weight is 306 g/mol. The minimum atomic E-state index is -3.78. The highest BCUT2D eigenvalue weighted by molar-refractivity contribution is 7.89. The van der Waals surface area contributed by atoms with Crippen molar-refractivity contribution in [3.63, 3.8) is 0 Å². The SMILES string of the molecule is COC(=O)[C@@H]1[C@@H](CCCN=C(N)N)C(=O)N1S(C)(=O)=O. The molecule has 0 aromatic carbocycles. The zero-order valence-corrected chi connectivity index (χ0v) is 12.1. The molecule has 1 amide bonds. The first-order valence-electron chi connectivity index (χ1n) is 5.86. The van der Waals surface area contributed by atoms with Crippen LogP contribution in [0, 0.1) is 5.92 Å². The van der Waals surface area contributed by atoms with E-state index >= 15 is 0 Å². The number of nitrogens with zero attached hydrogens (tertiary/aromatic N) is 2. The van der Waals surface area contributed by atoms with E-state index in [9.17, 15) is 18.0 Å². The lowest BCUT2D eigenvalue weighted by molar-refractivity contribution is -0.165. The van der Waals surface area contributed by atoms with Crippen molar-refractivity contribution in [3.8, 4) is 0 Å². The Kier molecular flexibility index (Phi) is 4.93. The number of ether oxygens (including phenoxy) is 1. The van der Waals surface area contributed by atoms with Gasteiger partial charge in [0, 0.05) is 6.54 Å². The Morgan fingerprint density at radius 3 is 2.50 bits per heavy atom. The van der Waals surface area contributed by atoms with Crippen LogP contribution in [0.1, 0.15) is 12.8 Å². The van der Waals surface area contributed by atoms with Crippen LogP contribution in [0.15, 0.2) is 4.99 Å². The fourth-order valence-electron chi connectivity index (χ4n) is 2.07. The Hall–Kier alpha value is -1.84. The molecule has 0 aliphatic carbocycles. The number of esters is 1. The van der Waals surface area contributed by atoms with Crippen LogP contribution in [0.4, 0.5) is 0 Å². The fourth-order valence-corrected chi connectivity index (χ4v) is 3.18. The summed E-state index contributed by atoms with van der Waals surface area (Å²) in [5, 5.41) is 0. The van der Waals surface area contributed by atoms with Crippen LogP contribution >= 0.6 is 0 Å². The Bertz CT molecular complexity index is 526. The number of hydrogen-bond acceptors (Lipinski definition) is 6. The van der Waals surface area contributed by atoms with Crippen molar-refractivity contribution in [2.75, 3.05) is 19.9 Å². The van der Waals surface area contributed by atoms with Gasteiger partial charge in [-0.2, -0.15) is 0 Å². The molecule has 1 rings (SSSR count). The van der Waals surface area contributed by atoms with Gasteiger partial charge in [0.05, 0.1) is 19.3 Å². The molecule has 2 atom stereocenters. The van der Waals surface area contributed by atoms with E-state index in [4.69, 9.17) is 11.5 Å². The van der Waals surface area contributed by atoms with Crippen molar-refractivity contribution in [3.05, 3.63) is 0 Å². The van der Waals surface area contributed by atoms with Gasteiger partial charge >= 0.3 is 5.97 Å². The van der Waals surface area contributed by atoms with E-state index < -0.39 is 33.9 Å². The van der Waals surface area contributed by atoms with Gasteiger partial charge in [0.2, 0.25) is 15.9 Å². The molecule has 1 heterocycles. The summed E-state index contributed by atoms with van der Waals surface area (Å²) in [4.78, 5) is 27.2. The van der Waals surface area contributed by atoms with Crippen LogP contribution in [-0.2, 0) is 24.3 Å². The van der Waals surface area contributed by atoms with Gasteiger partial charge in [-0.25, -0.2) is 17.5 Å². The van der Waals surface area contributed by atoms with E-state index in [1.165, 1.54) is 0 Å². The van der Waals surface area contributed by atoms with Crippen LogP contribution in [0.2, 0.25) is 0 Å². The van der Waals surface area contributed by atoms with Gasteiger partial charge in [-0.15, -0.1) is 0 Å². The molecule has 0 aromatic heterocycles. The van der Waals surface area contributed by atoms with Crippen LogP contribution in [-0.4, -0.2) is 56.5 Å². The number of methoxy groups -OCH3 is 1. The van der Waals surface area contributed by atoms with Crippen LogP contribution in [0.25, 0.3) is 0 Å². The van der Waals surface area contributed by atoms with Gasteiger partial charge in [-0.3, -0.25) is 9.79 Å². The summed E-state index contributed by atoms with van der Waals surface area (Å²) >= 11 is 0. The Balaban J connectivity index is 2.74. The summed E-state index contributed by atoms with van der Waals surface area (Å²) in [7, 11) is -2.64. The quantitative estimate of drug-likeness (QED) is 0.190. The summed E-state index contributed by atoms with van der Waals surface area (Å²) in [6.07, 6.45) is 1.64. The van der Waals surface area contributed by atoms with E-state index in [0.717, 1.165) is 13.4 Å². The number of nitrogens with two attached hydrogens (primary N) is 2. The second-order valence-corrected chi connectivity index (χ2v) is 6.28. The maximum Gasteiger partial charge on any atom is 0.330 e. The highest BCUT2D eigenvalue weighted by Gasteiger charge is 2.55. The van der Waals surface area contributed by atoms with Gasteiger partial charge < -0.3 is 16.2 Å². The van der Waals surface area contributed by atoms with E-state index in [-0.39, 0.29) is 5.96 Å². The molecule has 1 saturated heterocycles. The number of aliphatic imine (C=N–C) groups is 1. The normalized spacial score (nSPS) is 22.1. The molecule has 4 N–H and O–H groups in total. The number of β-lactam (4-membered cyclic amide) rings is 1. The van der Waals surface area contributed by atoms with Crippen molar-refractivity contribution in [2.24, 2.45) is 22.4 Å². The highest BCUT2D eigenvalue weighted by atomic mass is 32.2. The smallest absolute Gasteiger partial charge is 0.330 e. The third-order valence-electron chi connectivity index (χ3n) is 2.94. The molecule has 0 aromatic rings. The fraction of sp³-hybridized carbons (Fsp3) is 0.700. The predicted molar refractivity (Wildman–Crippen MR) is 70.9 cm³/mol. The Morgan fingerprint density at radius 1 is 1.45 bits per heavy atom. The summed E-state index contributed by atoms with van der Waals surface area (Å²) in [6, 6.07) is -1.10. The largest absolute Gasteiger partial charge is 0.467 e. The first-order valence-corrected chi connectivity index (χ1v) is 7.71. The lowest BCUT2D eigenvalue weighted by Crippen LogP contribution is -2.66. The van der Waals surface area contributed by atoms with E-state index in [2.05, 4.69) is 9.73 Å². The van der Waals surface area contributed by atoms with Gasteiger partial charge in [0.1, 0.15) is 0 Å². The summed E-state index contributed by atoms with van der Waals surface area (Å²) in [5.41, 5.74) is 10.3. The molecule has 0 unspecified atom stereocenters. The number of hydrogen-bond donors (Lipinski definition) is 2. The molecule has 0 spiro atoms. The molecule has 1 aliphatic rings. The van der Waals surface area contributed by atoms with Crippen molar-refractivity contribution < 1.29 is 22.7 Å². The van der Waals surface area contributed by atoms with Crippen molar-refractivity contribution in [1.82, 2.24) is 4.31 Å². The maximum atomic E-state index is 11.8. The standard InChI is InChI=1S/C10H18N4O5S/c1-19-9(16)7-6(4-3-5-13-10(11)12)8(15)14(7)20(2,17)18/h6-7H,3-5H2,1-2H3,(H4,11,12,13)/t6-,7+/m1/s1. The van der Waals surface area contributed by atoms with Gasteiger partial charge in [-0.1, -0.05) is 0 Å². The number of carbonyl (C=O) groups is 2. The Labute approximate surface area is 117 Å². The minimum absolute atomic E-state index is 0.0628. The zero-order valence-electron chi connectivity index (χ0n) is 11.3. The number of amides is 1. The van der Waals surface area contributed by atoms with E-state index in [1.807, 2.05) is 0 Å². The monoisotopic (exact) mass is 306 g/mol. The first kappa shape index (κ1) is 16.2. The highest BCUT2D eigenvalue weighted by Crippen LogP contribution is 2.33. The second-order valence-electron chi connectivity index (χ2n) is 4.42. The topological polar surface area (TPSA) is 145 Å². The van der Waals surface area contributed by atoms with Crippen LogP contribution in [0.3, 0.4) is 0 Å². The number of guanidine groups is 1. The molecule has 1 fully saturated rings. The van der Waals surface area contributed by atoms with Crippen molar-refractivity contribution in [2.45, 2.75) is 18.9 Å². The maximum absolute atomic E-state index is 11.8. The van der Waals surface area contributed by atoms with Gasteiger partial charge in [-0.05, 0) is 12.8 Å². The number of rotatable bonds is 6. The van der Waals surface area contributed by atoms with Gasteiger partial charge in [0.25, 0.3) is 0 Å². The second kappa shape index (κ2) is 6.07. The molecule has 114 valence electrons. The summed E-state index contributed by atoms with van der Waals surface area (Å²) in [6.45, 7) is 0.304. The average Bonchev–Trinajstić information content (AvgIpc) is 2.32. The lowest BCUT2D eigenvalue weighted by Gasteiger charge is -2.43. The minimum Gasteiger partial charge on any atom is -0.467 e. The molecule has 10 heteroatoms. The molecular formula is C10H18N4O5S. The summed E-state index contributed by atoms with van der Waals surface area (Å²) in [5.74, 6) is -2.13. The molecule has 0 radical (unpaired) electrons. The summed E-state index contributed by atoms with van der Waals surface area (Å²) < 4.78 is 28.0. The third-order valence-corrected chi connectivity index (χ3v) is 4.06. The lowest BCUT2D eigenvalue weighted by atomic mass is 9.86. The molecule has 1 aliphatic heterocycles. The molecular weight excluding hydrogens is 288 g/mol. The molecule has 0 saturated carbocycles. The third kappa shape index (κ3) is 3.38. The molecule has 9 nitrogen and oxygen atoms in total. The Morgan fingerprint density at radius 2 is 2.05 bits per heavy atom. The zero-order chi connectivity index (χ0) is 15.5. The van der Waals surface area contributed by atoms with E-state index in [0.29, 0.717) is 23.7 Å². The molecule has 0 bridgehead atoms. The molecule has 20 heavy (non-hydrogen) atoms. The van der Waals surface area contributed by atoms with Gasteiger partial charge in [0.15, 0.2) is 12.0 Å². The number of carbonyl (C=O) groups excluding carboxylic acids is 2. The van der Waals surface area contributed by atoms with Crippen molar-refractivity contribution in [1.29, 1.82) is 0 Å². The van der Waals surface area contributed by atoms with E-state index in [1.54, 1.807) is 0 Å². The van der Waals surface area contributed by atoms with Crippen molar-refractivity contribution >= 4 is 27.9 Å². The van der Waals surface area contributed by atoms with Crippen LogP contribution in [0.5, 0.6) is 0 Å².